The van der Waals surface area contributed by atoms with E-state index < -0.39 is 47.6 Å². The van der Waals surface area contributed by atoms with Crippen molar-refractivity contribution in [2.75, 3.05) is 18.6 Å². The molecule has 3 heterocycles. The maximum Gasteiger partial charge on any atom is 0.411 e. The van der Waals surface area contributed by atoms with Gasteiger partial charge in [0.15, 0.2) is 12.1 Å². The van der Waals surface area contributed by atoms with Crippen LogP contribution in [0.5, 0.6) is 0 Å². The number of hydrogen-bond acceptors (Lipinski definition) is 9. The van der Waals surface area contributed by atoms with Gasteiger partial charge in [0.05, 0.1) is 7.11 Å². The van der Waals surface area contributed by atoms with Crippen molar-refractivity contribution in [3.05, 3.63) is 78.3 Å². The highest BCUT2D eigenvalue weighted by Gasteiger charge is 2.44. The summed E-state index contributed by atoms with van der Waals surface area (Å²) in [7, 11) is 1.23. The van der Waals surface area contributed by atoms with Gasteiger partial charge in [0.2, 0.25) is 5.91 Å². The number of anilines is 1. The minimum Gasteiger partial charge on any atom is -0.467 e. The smallest absolute Gasteiger partial charge is 0.411 e. The Bertz CT molecular complexity index is 1460. The van der Waals surface area contributed by atoms with Gasteiger partial charge in [-0.2, -0.15) is 0 Å². The lowest BCUT2D eigenvalue weighted by molar-refractivity contribution is -0.145. The number of carbonyl (C=O) groups excluding carboxylic acids is 4. The van der Waals surface area contributed by atoms with Crippen molar-refractivity contribution in [3.8, 4) is 0 Å². The number of hydrogen-bond donors (Lipinski definition) is 1. The molecule has 234 valence electrons. The molecule has 44 heavy (non-hydrogen) atoms. The van der Waals surface area contributed by atoms with Crippen molar-refractivity contribution in [2.45, 2.75) is 77.1 Å². The summed E-state index contributed by atoms with van der Waals surface area (Å²) in [6.07, 6.45) is 4.83. The second-order valence-corrected chi connectivity index (χ2v) is 12.6. The summed E-state index contributed by atoms with van der Waals surface area (Å²) in [4.78, 5) is 64.7. The molecule has 3 amide bonds. The summed E-state index contributed by atoms with van der Waals surface area (Å²) >= 11 is 0. The third-order valence-electron chi connectivity index (χ3n) is 7.14. The number of benzene rings is 1. The molecule has 0 bridgehead atoms. The maximum absolute atomic E-state index is 14.2. The lowest BCUT2D eigenvalue weighted by atomic mass is 9.87. The first-order valence-electron chi connectivity index (χ1n) is 14.3. The molecule has 1 aliphatic heterocycles. The lowest BCUT2D eigenvalue weighted by Gasteiger charge is -2.32. The number of nitrogens with zero attached hydrogens (tertiary/aromatic N) is 4. The van der Waals surface area contributed by atoms with Gasteiger partial charge in [-0.05, 0) is 49.9 Å². The first-order valence-corrected chi connectivity index (χ1v) is 14.3. The van der Waals surface area contributed by atoms with Crippen molar-refractivity contribution in [3.63, 3.8) is 0 Å². The molecule has 1 aromatic carbocycles. The Kier molecular flexibility index (Phi) is 9.41. The van der Waals surface area contributed by atoms with E-state index in [-0.39, 0.29) is 24.1 Å². The fraction of sp³-hybridized carbons (Fsp3) is 0.438. The van der Waals surface area contributed by atoms with Crippen LogP contribution < -0.4 is 10.2 Å². The van der Waals surface area contributed by atoms with E-state index >= 15 is 0 Å². The van der Waals surface area contributed by atoms with Crippen LogP contribution in [0.3, 0.4) is 0 Å². The van der Waals surface area contributed by atoms with E-state index in [1.807, 2.05) is 12.1 Å². The second-order valence-electron chi connectivity index (χ2n) is 12.6. The zero-order chi connectivity index (χ0) is 32.2. The quantitative estimate of drug-likeness (QED) is 0.387. The van der Waals surface area contributed by atoms with Gasteiger partial charge in [0.1, 0.15) is 23.9 Å². The van der Waals surface area contributed by atoms with Crippen LogP contribution >= 0.6 is 0 Å². The highest BCUT2D eigenvalue weighted by Crippen LogP contribution is 2.32. The number of likely N-dealkylation sites (tertiary alicyclic amines) is 1. The van der Waals surface area contributed by atoms with Gasteiger partial charge in [-0.1, -0.05) is 39.0 Å². The van der Waals surface area contributed by atoms with Crippen LogP contribution in [0.1, 0.15) is 75.6 Å². The molecule has 2 aromatic heterocycles. The molecule has 0 radical (unpaired) electrons. The summed E-state index contributed by atoms with van der Waals surface area (Å²) in [5, 5.41) is 2.96. The minimum absolute atomic E-state index is 0.00229. The molecule has 0 saturated carbocycles. The van der Waals surface area contributed by atoms with Crippen molar-refractivity contribution < 1.29 is 33.1 Å². The molecule has 1 unspecified atom stereocenters. The Labute approximate surface area is 256 Å². The molecule has 0 aliphatic carbocycles. The number of oxazole rings is 1. The summed E-state index contributed by atoms with van der Waals surface area (Å²) in [5.74, 6) is -1.74. The fourth-order valence-corrected chi connectivity index (χ4v) is 5.01. The van der Waals surface area contributed by atoms with Gasteiger partial charge in [-0.25, -0.2) is 14.6 Å². The van der Waals surface area contributed by atoms with Crippen molar-refractivity contribution in [1.82, 2.24) is 20.2 Å². The van der Waals surface area contributed by atoms with Crippen LogP contribution in [0.25, 0.3) is 0 Å². The molecule has 12 heteroatoms. The van der Waals surface area contributed by atoms with Gasteiger partial charge in [-0.3, -0.25) is 24.4 Å². The zero-order valence-corrected chi connectivity index (χ0v) is 26.1. The number of rotatable bonds is 7. The number of ether oxygens (including phenoxy) is 2. The van der Waals surface area contributed by atoms with Crippen molar-refractivity contribution in [1.29, 1.82) is 0 Å². The maximum atomic E-state index is 14.2. The average molecular weight is 606 g/mol. The Morgan fingerprint density at radius 2 is 1.77 bits per heavy atom. The van der Waals surface area contributed by atoms with Gasteiger partial charge < -0.3 is 19.2 Å². The SMILES string of the molecule is COC(=O)[C@@H]1C[C@@H](NC(=O)C(c2cccnc2)N(C(=O)c2cocn2)c2ccc(C(C)(C)C)cc2)CN1C(=O)OC(C)(C)C. The monoisotopic (exact) mass is 605 g/mol. The predicted molar refractivity (Wildman–Crippen MR) is 161 cm³/mol. The summed E-state index contributed by atoms with van der Waals surface area (Å²) in [5.41, 5.74) is 0.999. The van der Waals surface area contributed by atoms with Gasteiger partial charge in [0, 0.05) is 42.7 Å². The molecule has 4 rings (SSSR count). The normalized spacial score (nSPS) is 17.5. The summed E-state index contributed by atoms with van der Waals surface area (Å²) in [6.45, 7) is 11.4. The van der Waals surface area contributed by atoms with Crippen LogP contribution in [0, 0.1) is 0 Å². The molecular weight excluding hydrogens is 566 g/mol. The highest BCUT2D eigenvalue weighted by atomic mass is 16.6. The largest absolute Gasteiger partial charge is 0.467 e. The first-order chi connectivity index (χ1) is 20.7. The predicted octanol–water partition coefficient (Wildman–Crippen LogP) is 4.42. The molecule has 3 aromatic rings. The van der Waals surface area contributed by atoms with Crippen molar-refractivity contribution >= 4 is 29.6 Å². The standard InChI is InChI=1S/C32H39N5O7/c1-31(2,3)21-10-12-23(13-11-21)37(28(39)24-18-43-19-34-24)26(20-9-8-14-33-16-20)27(38)35-22-15-25(29(40)42-7)36(17-22)30(41)44-32(4,5)6/h8-14,16,18-19,22,25-26H,15,17H2,1-7H3,(H,35,38)/t22-,25+,26?/m1/s1. The van der Waals surface area contributed by atoms with Gasteiger partial charge >= 0.3 is 12.1 Å². The Hall–Kier alpha value is -4.74. The van der Waals surface area contributed by atoms with Crippen LogP contribution in [0.4, 0.5) is 10.5 Å². The van der Waals surface area contributed by atoms with Crippen LogP contribution in [-0.2, 0) is 24.5 Å². The number of aromatic nitrogens is 2. The van der Waals surface area contributed by atoms with Gasteiger partial charge in [-0.15, -0.1) is 0 Å². The van der Waals surface area contributed by atoms with E-state index in [1.54, 1.807) is 51.2 Å². The van der Waals surface area contributed by atoms with Crippen LogP contribution in [0.2, 0.25) is 0 Å². The van der Waals surface area contributed by atoms with E-state index in [4.69, 9.17) is 13.9 Å². The molecular formula is C32H39N5O7. The first kappa shape index (κ1) is 32.2. The van der Waals surface area contributed by atoms with Crippen LogP contribution in [-0.4, -0.2) is 70.1 Å². The van der Waals surface area contributed by atoms with Crippen LogP contribution in [0.15, 0.2) is 65.9 Å². The van der Waals surface area contributed by atoms with Crippen molar-refractivity contribution in [2.24, 2.45) is 0 Å². The molecule has 1 saturated heterocycles. The third kappa shape index (κ3) is 7.42. The fourth-order valence-electron chi connectivity index (χ4n) is 5.01. The zero-order valence-electron chi connectivity index (χ0n) is 26.1. The number of methoxy groups -OCH3 is 1. The minimum atomic E-state index is -1.19. The number of nitrogens with one attached hydrogen (secondary N) is 1. The number of amides is 3. The van der Waals surface area contributed by atoms with E-state index in [0.717, 1.165) is 12.0 Å². The van der Waals surface area contributed by atoms with E-state index in [9.17, 15) is 19.2 Å². The summed E-state index contributed by atoms with van der Waals surface area (Å²) in [6, 6.07) is 7.94. The van der Waals surface area contributed by atoms with E-state index in [2.05, 4.69) is 36.1 Å². The third-order valence-corrected chi connectivity index (χ3v) is 7.14. The Morgan fingerprint density at radius 1 is 1.07 bits per heavy atom. The number of pyridine rings is 1. The molecule has 0 spiro atoms. The number of carbonyl (C=O) groups is 4. The second kappa shape index (κ2) is 12.9. The Morgan fingerprint density at radius 3 is 2.32 bits per heavy atom. The highest BCUT2D eigenvalue weighted by molar-refractivity contribution is 6.09. The molecule has 12 nitrogen and oxygen atoms in total. The van der Waals surface area contributed by atoms with E-state index in [0.29, 0.717) is 11.3 Å². The Balaban J connectivity index is 1.72. The molecule has 3 atom stereocenters. The molecule has 1 N–H and O–H groups in total. The lowest BCUT2D eigenvalue weighted by Crippen LogP contribution is -2.48. The molecule has 1 aliphatic rings. The van der Waals surface area contributed by atoms with E-state index in [1.165, 1.54) is 29.4 Å². The number of esters is 1. The summed E-state index contributed by atoms with van der Waals surface area (Å²) < 4.78 is 15.5. The molecule has 1 fully saturated rings. The topological polar surface area (TPSA) is 144 Å². The van der Waals surface area contributed by atoms with Gasteiger partial charge in [0.25, 0.3) is 5.91 Å². The average Bonchev–Trinajstić information content (AvgIpc) is 3.65.